The quantitative estimate of drug-likeness (QED) is 0.435. The molecular weight excluding hydrogens is 226 g/mol. The van der Waals surface area contributed by atoms with Crippen LogP contribution in [0, 0.1) is 0 Å². The lowest BCUT2D eigenvalue weighted by atomic mass is 10.4. The van der Waals surface area contributed by atoms with E-state index in [2.05, 4.69) is 0 Å². The summed E-state index contributed by atoms with van der Waals surface area (Å²) in [6.45, 7) is 3.96. The molecule has 0 saturated heterocycles. The van der Waals surface area contributed by atoms with Crippen molar-refractivity contribution in [1.82, 2.24) is 5.23 Å². The standard InChI is InChI=1S/C7H17NO6S/c1-3-13-8(14-4-2)5-7(9)6-15(10,11)12/h7,9H,3-6H2,1-2H3,(H,10,11,12). The first-order valence-corrected chi connectivity index (χ1v) is 6.16. The Bertz CT molecular complexity index is 248. The number of nitrogens with zero attached hydrogens (tertiary/aromatic N) is 1. The summed E-state index contributed by atoms with van der Waals surface area (Å²) in [4.78, 5) is 9.88. The molecule has 1 atom stereocenters. The van der Waals surface area contributed by atoms with Gasteiger partial charge in [0.05, 0.1) is 25.9 Å². The summed E-state index contributed by atoms with van der Waals surface area (Å²) in [5.74, 6) is -0.746. The van der Waals surface area contributed by atoms with E-state index in [9.17, 15) is 13.5 Å². The molecule has 2 N–H and O–H groups in total. The van der Waals surface area contributed by atoms with E-state index in [1.807, 2.05) is 0 Å². The van der Waals surface area contributed by atoms with Crippen molar-refractivity contribution >= 4 is 10.1 Å². The van der Waals surface area contributed by atoms with E-state index < -0.39 is 22.0 Å². The van der Waals surface area contributed by atoms with Crippen LogP contribution in [0.15, 0.2) is 0 Å². The maximum Gasteiger partial charge on any atom is 0.267 e. The molecule has 0 saturated carbocycles. The van der Waals surface area contributed by atoms with Crippen molar-refractivity contribution in [2.75, 3.05) is 25.5 Å². The molecule has 8 heteroatoms. The number of rotatable bonds is 8. The Labute approximate surface area is 89.2 Å². The molecule has 92 valence electrons. The molecule has 0 spiro atoms. The third-order valence-electron chi connectivity index (χ3n) is 1.31. The van der Waals surface area contributed by atoms with Crippen molar-refractivity contribution in [3.8, 4) is 0 Å². The minimum absolute atomic E-state index is 0.151. The minimum Gasteiger partial charge on any atom is -0.390 e. The largest absolute Gasteiger partial charge is 0.390 e. The van der Waals surface area contributed by atoms with Crippen molar-refractivity contribution in [2.24, 2.45) is 0 Å². The minimum atomic E-state index is -4.19. The van der Waals surface area contributed by atoms with Crippen LogP contribution >= 0.6 is 0 Å². The molecule has 0 aliphatic rings. The number of hydroxylamine groups is 2. The highest BCUT2D eigenvalue weighted by Gasteiger charge is 2.18. The summed E-state index contributed by atoms with van der Waals surface area (Å²) in [5.41, 5.74) is 0. The van der Waals surface area contributed by atoms with Gasteiger partial charge in [-0.25, -0.2) is 0 Å². The van der Waals surface area contributed by atoms with Gasteiger partial charge in [-0.1, -0.05) is 5.23 Å². The molecule has 0 aromatic rings. The predicted molar refractivity (Wildman–Crippen MR) is 52.4 cm³/mol. The van der Waals surface area contributed by atoms with Crippen LogP contribution in [0.2, 0.25) is 0 Å². The molecule has 0 radical (unpaired) electrons. The highest BCUT2D eigenvalue weighted by molar-refractivity contribution is 7.85. The highest BCUT2D eigenvalue weighted by atomic mass is 32.2. The maximum absolute atomic E-state index is 10.4. The van der Waals surface area contributed by atoms with E-state index in [0.29, 0.717) is 13.2 Å². The second kappa shape index (κ2) is 7.09. The van der Waals surface area contributed by atoms with Gasteiger partial charge >= 0.3 is 0 Å². The third-order valence-corrected chi connectivity index (χ3v) is 2.12. The van der Waals surface area contributed by atoms with E-state index in [1.165, 1.54) is 0 Å². The maximum atomic E-state index is 10.4. The molecule has 0 aromatic carbocycles. The van der Waals surface area contributed by atoms with Gasteiger partial charge in [0, 0.05) is 0 Å². The second-order valence-corrected chi connectivity index (χ2v) is 4.25. The summed E-state index contributed by atoms with van der Waals surface area (Å²) < 4.78 is 29.3. The van der Waals surface area contributed by atoms with Crippen LogP contribution in [0.1, 0.15) is 13.8 Å². The fraction of sp³-hybridized carbons (Fsp3) is 1.00. The van der Waals surface area contributed by atoms with Gasteiger partial charge in [0.25, 0.3) is 10.1 Å². The van der Waals surface area contributed by atoms with Gasteiger partial charge in [-0.2, -0.15) is 8.42 Å². The first-order valence-electron chi connectivity index (χ1n) is 4.55. The average Bonchev–Trinajstić information content (AvgIpc) is 2.00. The molecule has 0 fully saturated rings. The van der Waals surface area contributed by atoms with E-state index in [1.54, 1.807) is 13.8 Å². The van der Waals surface area contributed by atoms with Crippen LogP contribution < -0.4 is 0 Å². The molecule has 15 heavy (non-hydrogen) atoms. The van der Waals surface area contributed by atoms with E-state index in [4.69, 9.17) is 14.2 Å². The third kappa shape index (κ3) is 8.73. The van der Waals surface area contributed by atoms with Gasteiger partial charge in [-0.3, -0.25) is 14.2 Å². The molecule has 0 rings (SSSR count). The number of aliphatic hydroxyl groups is 1. The fourth-order valence-corrected chi connectivity index (χ4v) is 1.49. The van der Waals surface area contributed by atoms with Crippen molar-refractivity contribution in [3.63, 3.8) is 0 Å². The van der Waals surface area contributed by atoms with Crippen molar-refractivity contribution in [2.45, 2.75) is 20.0 Å². The molecule has 1 unspecified atom stereocenters. The van der Waals surface area contributed by atoms with Gasteiger partial charge in [0.1, 0.15) is 5.75 Å². The van der Waals surface area contributed by atoms with Crippen LogP contribution in [0.25, 0.3) is 0 Å². The zero-order valence-corrected chi connectivity index (χ0v) is 9.61. The van der Waals surface area contributed by atoms with Crippen LogP contribution in [-0.2, 0) is 19.8 Å². The van der Waals surface area contributed by atoms with Crippen molar-refractivity contribution < 1.29 is 27.8 Å². The van der Waals surface area contributed by atoms with Gasteiger partial charge in [0.2, 0.25) is 0 Å². The SMILES string of the molecule is CCON(CC(O)CS(=O)(=O)O)OCC. The zero-order chi connectivity index (χ0) is 11.9. The molecule has 0 amide bonds. The topological polar surface area (TPSA) is 96.3 Å². The van der Waals surface area contributed by atoms with Crippen LogP contribution in [0.5, 0.6) is 0 Å². The Kier molecular flexibility index (Phi) is 6.98. The van der Waals surface area contributed by atoms with E-state index in [0.717, 1.165) is 5.23 Å². The van der Waals surface area contributed by atoms with Gasteiger partial charge < -0.3 is 5.11 Å². The predicted octanol–water partition coefficient (Wildman–Crippen LogP) is -0.560. The van der Waals surface area contributed by atoms with Crippen LogP contribution in [0.4, 0.5) is 0 Å². The highest BCUT2D eigenvalue weighted by Crippen LogP contribution is 1.98. The molecule has 0 aliphatic heterocycles. The number of hydrogen-bond acceptors (Lipinski definition) is 6. The number of aliphatic hydroxyl groups excluding tert-OH is 1. The van der Waals surface area contributed by atoms with Crippen LogP contribution in [0.3, 0.4) is 0 Å². The lowest BCUT2D eigenvalue weighted by Gasteiger charge is -2.21. The zero-order valence-electron chi connectivity index (χ0n) is 8.79. The molecule has 0 heterocycles. The molecule has 0 aliphatic carbocycles. The van der Waals surface area contributed by atoms with E-state index in [-0.39, 0.29) is 6.54 Å². The Morgan fingerprint density at radius 3 is 2.07 bits per heavy atom. The lowest BCUT2D eigenvalue weighted by Crippen LogP contribution is -2.36. The Balaban J connectivity index is 4.04. The second-order valence-electron chi connectivity index (χ2n) is 2.75. The molecule has 0 aromatic heterocycles. The Morgan fingerprint density at radius 2 is 1.73 bits per heavy atom. The lowest BCUT2D eigenvalue weighted by molar-refractivity contribution is -0.370. The van der Waals surface area contributed by atoms with Gasteiger partial charge in [0.15, 0.2) is 0 Å². The molecule has 7 nitrogen and oxygen atoms in total. The van der Waals surface area contributed by atoms with Gasteiger partial charge in [-0.15, -0.1) is 0 Å². The fourth-order valence-electron chi connectivity index (χ4n) is 0.899. The van der Waals surface area contributed by atoms with E-state index >= 15 is 0 Å². The summed E-state index contributed by atoms with van der Waals surface area (Å²) in [6, 6.07) is 0. The van der Waals surface area contributed by atoms with Crippen LogP contribution in [-0.4, -0.2) is 54.9 Å². The van der Waals surface area contributed by atoms with Crippen molar-refractivity contribution in [1.29, 1.82) is 0 Å². The first-order chi connectivity index (χ1) is 6.89. The monoisotopic (exact) mass is 243 g/mol. The summed E-state index contributed by atoms with van der Waals surface area (Å²) in [7, 11) is -4.19. The first kappa shape index (κ1) is 14.8. The Hall–Kier alpha value is -0.250. The average molecular weight is 243 g/mol. The molecular formula is C7H17NO6S. The number of hydrogen-bond donors (Lipinski definition) is 2. The van der Waals surface area contributed by atoms with Crippen molar-refractivity contribution in [3.05, 3.63) is 0 Å². The smallest absolute Gasteiger partial charge is 0.267 e. The molecule has 0 bridgehead atoms. The van der Waals surface area contributed by atoms with Gasteiger partial charge in [-0.05, 0) is 13.8 Å². The normalized spacial score (nSPS) is 14.5. The summed E-state index contributed by atoms with van der Waals surface area (Å²) >= 11 is 0. The summed E-state index contributed by atoms with van der Waals surface area (Å²) in [6.07, 6.45) is -1.27. The Morgan fingerprint density at radius 1 is 1.27 bits per heavy atom. The summed E-state index contributed by atoms with van der Waals surface area (Å²) in [5, 5.41) is 10.3.